The maximum atomic E-state index is 5.48. The van der Waals surface area contributed by atoms with E-state index in [9.17, 15) is 0 Å². The van der Waals surface area contributed by atoms with Crippen molar-refractivity contribution in [2.24, 2.45) is 5.73 Å². The molecule has 0 bridgehead atoms. The molecule has 0 saturated heterocycles. The Bertz CT molecular complexity index is 481. The maximum absolute atomic E-state index is 5.48. The molecular formula is C12H16N4S. The molecule has 0 aliphatic heterocycles. The van der Waals surface area contributed by atoms with Gasteiger partial charge in [0, 0.05) is 4.90 Å². The van der Waals surface area contributed by atoms with Crippen LogP contribution in [0.4, 0.5) is 0 Å². The van der Waals surface area contributed by atoms with E-state index < -0.39 is 0 Å². The molecule has 0 fully saturated rings. The zero-order valence-corrected chi connectivity index (χ0v) is 10.7. The van der Waals surface area contributed by atoms with E-state index in [2.05, 4.69) is 22.6 Å². The summed E-state index contributed by atoms with van der Waals surface area (Å²) in [5, 5.41) is 8.31. The van der Waals surface area contributed by atoms with Crippen LogP contribution in [-0.2, 0) is 6.42 Å². The van der Waals surface area contributed by atoms with Crippen LogP contribution in [0.2, 0.25) is 0 Å². The highest BCUT2D eigenvalue weighted by atomic mass is 32.2. The van der Waals surface area contributed by atoms with E-state index in [1.165, 1.54) is 4.90 Å². The van der Waals surface area contributed by atoms with Crippen LogP contribution < -0.4 is 5.73 Å². The van der Waals surface area contributed by atoms with Gasteiger partial charge in [0.15, 0.2) is 0 Å². The number of hydrogen-bond acceptors (Lipinski definition) is 4. The average molecular weight is 248 g/mol. The number of rotatable bonds is 5. The van der Waals surface area contributed by atoms with Gasteiger partial charge in [-0.2, -0.15) is 0 Å². The van der Waals surface area contributed by atoms with Gasteiger partial charge in [-0.15, -0.1) is 16.9 Å². The minimum absolute atomic E-state index is 0.689. The summed E-state index contributed by atoms with van der Waals surface area (Å²) >= 11 is 1.71. The van der Waals surface area contributed by atoms with E-state index >= 15 is 0 Å². The van der Waals surface area contributed by atoms with Crippen molar-refractivity contribution in [2.45, 2.75) is 17.7 Å². The first-order chi connectivity index (χ1) is 8.35. The van der Waals surface area contributed by atoms with Gasteiger partial charge in [0.25, 0.3) is 0 Å². The minimum atomic E-state index is 0.689. The quantitative estimate of drug-likeness (QED) is 0.821. The molecule has 0 unspecified atom stereocenters. The first-order valence-corrected chi connectivity index (χ1v) is 6.82. The average Bonchev–Trinajstić information content (AvgIpc) is 2.85. The van der Waals surface area contributed by atoms with E-state index in [1.807, 2.05) is 29.1 Å². The molecule has 2 aromatic rings. The van der Waals surface area contributed by atoms with Crippen molar-refractivity contribution in [2.75, 3.05) is 12.8 Å². The lowest BCUT2D eigenvalue weighted by Gasteiger charge is -2.05. The van der Waals surface area contributed by atoms with Gasteiger partial charge in [-0.25, -0.2) is 4.68 Å². The molecule has 5 heteroatoms. The number of aromatic nitrogens is 3. The number of aryl methyl sites for hydroxylation is 1. The van der Waals surface area contributed by atoms with Gasteiger partial charge < -0.3 is 5.73 Å². The molecule has 2 N–H and O–H groups in total. The molecule has 17 heavy (non-hydrogen) atoms. The van der Waals surface area contributed by atoms with Crippen molar-refractivity contribution in [1.29, 1.82) is 0 Å². The summed E-state index contributed by atoms with van der Waals surface area (Å²) < 4.78 is 1.83. The number of hydrogen-bond donors (Lipinski definition) is 1. The molecule has 0 aliphatic rings. The fraction of sp³-hybridized carbons (Fsp3) is 0.333. The molecular weight excluding hydrogens is 232 g/mol. The summed E-state index contributed by atoms with van der Waals surface area (Å²) in [4.78, 5) is 1.20. The predicted molar refractivity (Wildman–Crippen MR) is 70.5 cm³/mol. The van der Waals surface area contributed by atoms with Crippen molar-refractivity contribution < 1.29 is 0 Å². The summed E-state index contributed by atoms with van der Waals surface area (Å²) in [6.07, 6.45) is 5.87. The highest BCUT2D eigenvalue weighted by Crippen LogP contribution is 2.22. The van der Waals surface area contributed by atoms with Crippen molar-refractivity contribution in [3.63, 3.8) is 0 Å². The topological polar surface area (TPSA) is 56.7 Å². The highest BCUT2D eigenvalue weighted by Gasteiger charge is 2.06. The van der Waals surface area contributed by atoms with Crippen molar-refractivity contribution in [1.82, 2.24) is 15.0 Å². The Morgan fingerprint density at radius 1 is 1.35 bits per heavy atom. The van der Waals surface area contributed by atoms with Crippen LogP contribution in [0, 0.1) is 0 Å². The fourth-order valence-electron chi connectivity index (χ4n) is 1.63. The third-order valence-corrected chi connectivity index (χ3v) is 3.29. The van der Waals surface area contributed by atoms with Crippen molar-refractivity contribution in [3.05, 3.63) is 36.2 Å². The van der Waals surface area contributed by atoms with E-state index in [4.69, 9.17) is 5.73 Å². The summed E-state index contributed by atoms with van der Waals surface area (Å²) in [5.74, 6) is 0. The Morgan fingerprint density at radius 3 is 2.94 bits per heavy atom. The van der Waals surface area contributed by atoms with Crippen LogP contribution in [0.1, 0.15) is 12.1 Å². The lowest BCUT2D eigenvalue weighted by atomic mass is 10.2. The van der Waals surface area contributed by atoms with E-state index in [1.54, 1.807) is 11.8 Å². The van der Waals surface area contributed by atoms with Crippen LogP contribution in [0.15, 0.2) is 35.4 Å². The second-order valence-electron chi connectivity index (χ2n) is 3.72. The smallest absolute Gasteiger partial charge is 0.0832 e. The van der Waals surface area contributed by atoms with E-state index in [-0.39, 0.29) is 0 Å². The molecule has 1 heterocycles. The Kier molecular flexibility index (Phi) is 4.17. The Hall–Kier alpha value is -1.33. The third-order valence-electron chi connectivity index (χ3n) is 2.51. The standard InChI is InChI=1S/C12H16N4S/c1-17-12-7-3-2-6-11(12)16-9-10(14-15-16)5-4-8-13/h2-3,6-7,9H,4-5,8,13H2,1H3. The van der Waals surface area contributed by atoms with Crippen molar-refractivity contribution >= 4 is 11.8 Å². The van der Waals surface area contributed by atoms with Crippen LogP contribution in [-0.4, -0.2) is 27.8 Å². The van der Waals surface area contributed by atoms with Crippen LogP contribution in [0.5, 0.6) is 0 Å². The van der Waals surface area contributed by atoms with Gasteiger partial charge >= 0.3 is 0 Å². The second kappa shape index (κ2) is 5.84. The largest absolute Gasteiger partial charge is 0.330 e. The summed E-state index contributed by atoms with van der Waals surface area (Å²) in [6, 6.07) is 8.17. The van der Waals surface area contributed by atoms with Gasteiger partial charge in [-0.1, -0.05) is 17.3 Å². The van der Waals surface area contributed by atoms with E-state index in [0.29, 0.717) is 6.54 Å². The number of nitrogens with zero attached hydrogens (tertiary/aromatic N) is 3. The zero-order chi connectivity index (χ0) is 12.1. The number of thioether (sulfide) groups is 1. The molecule has 0 amide bonds. The first kappa shape index (κ1) is 12.1. The fourth-order valence-corrected chi connectivity index (χ4v) is 2.22. The molecule has 0 aliphatic carbocycles. The van der Waals surface area contributed by atoms with Gasteiger partial charge in [-0.3, -0.25) is 0 Å². The lowest BCUT2D eigenvalue weighted by molar-refractivity contribution is 0.773. The molecule has 0 atom stereocenters. The van der Waals surface area contributed by atoms with Crippen LogP contribution >= 0.6 is 11.8 Å². The Morgan fingerprint density at radius 2 is 2.18 bits per heavy atom. The number of para-hydroxylation sites is 1. The van der Waals surface area contributed by atoms with Gasteiger partial charge in [0.2, 0.25) is 0 Å². The second-order valence-corrected chi connectivity index (χ2v) is 4.57. The lowest BCUT2D eigenvalue weighted by Crippen LogP contribution is -2.00. The molecule has 1 aromatic heterocycles. The summed E-state index contributed by atoms with van der Waals surface area (Å²) in [5.41, 5.74) is 7.55. The maximum Gasteiger partial charge on any atom is 0.0832 e. The number of benzene rings is 1. The molecule has 1 aromatic carbocycles. The van der Waals surface area contributed by atoms with Crippen LogP contribution in [0.25, 0.3) is 5.69 Å². The van der Waals surface area contributed by atoms with Gasteiger partial charge in [0.1, 0.15) is 0 Å². The van der Waals surface area contributed by atoms with Gasteiger partial charge in [0.05, 0.1) is 17.6 Å². The van der Waals surface area contributed by atoms with Crippen molar-refractivity contribution in [3.8, 4) is 5.69 Å². The molecule has 0 radical (unpaired) electrons. The molecule has 0 spiro atoms. The predicted octanol–water partition coefficient (Wildman–Crippen LogP) is 1.88. The Balaban J connectivity index is 2.24. The monoisotopic (exact) mass is 248 g/mol. The highest BCUT2D eigenvalue weighted by molar-refractivity contribution is 7.98. The molecule has 90 valence electrons. The Labute approximate surface area is 105 Å². The third kappa shape index (κ3) is 2.87. The normalized spacial score (nSPS) is 10.7. The molecule has 0 saturated carbocycles. The SMILES string of the molecule is CSc1ccccc1-n1cc(CCCN)nn1. The zero-order valence-electron chi connectivity index (χ0n) is 9.84. The minimum Gasteiger partial charge on any atom is -0.330 e. The molecule has 4 nitrogen and oxygen atoms in total. The first-order valence-electron chi connectivity index (χ1n) is 5.60. The number of nitrogens with two attached hydrogens (primary N) is 1. The molecule has 2 rings (SSSR count). The van der Waals surface area contributed by atoms with E-state index in [0.717, 1.165) is 24.2 Å². The van der Waals surface area contributed by atoms with Crippen LogP contribution in [0.3, 0.4) is 0 Å². The summed E-state index contributed by atoms with van der Waals surface area (Å²) in [6.45, 7) is 0.689. The van der Waals surface area contributed by atoms with Gasteiger partial charge in [-0.05, 0) is 37.8 Å². The summed E-state index contributed by atoms with van der Waals surface area (Å²) in [7, 11) is 0.